The lowest BCUT2D eigenvalue weighted by molar-refractivity contribution is -0.141. The molecule has 0 saturated carbocycles. The first-order valence-corrected chi connectivity index (χ1v) is 14.6. The molecule has 0 saturated heterocycles. The Kier molecular flexibility index (Phi) is 11.5. The van der Waals surface area contributed by atoms with Gasteiger partial charge in [-0.3, -0.25) is 13.9 Å². The van der Waals surface area contributed by atoms with Gasteiger partial charge in [0, 0.05) is 30.6 Å². The van der Waals surface area contributed by atoms with E-state index in [2.05, 4.69) is 5.32 Å². The van der Waals surface area contributed by atoms with Crippen LogP contribution in [0.3, 0.4) is 0 Å². The van der Waals surface area contributed by atoms with E-state index >= 15 is 0 Å². The number of anilines is 1. The molecule has 2 aromatic rings. The zero-order chi connectivity index (χ0) is 26.9. The predicted molar refractivity (Wildman–Crippen MR) is 147 cm³/mol. The van der Waals surface area contributed by atoms with E-state index in [0.717, 1.165) is 22.5 Å². The molecular formula is C26H35Cl2N3O4S. The number of hydrogen-bond acceptors (Lipinski definition) is 4. The van der Waals surface area contributed by atoms with Crippen molar-refractivity contribution in [2.45, 2.75) is 65.1 Å². The van der Waals surface area contributed by atoms with Gasteiger partial charge in [-0.05, 0) is 49.9 Å². The lowest BCUT2D eigenvalue weighted by Gasteiger charge is -2.32. The Morgan fingerprint density at radius 1 is 1.03 bits per heavy atom. The van der Waals surface area contributed by atoms with Gasteiger partial charge < -0.3 is 10.2 Å². The molecule has 0 unspecified atom stereocenters. The van der Waals surface area contributed by atoms with Crippen molar-refractivity contribution in [1.29, 1.82) is 0 Å². The number of hydrogen-bond donors (Lipinski definition) is 1. The highest BCUT2D eigenvalue weighted by molar-refractivity contribution is 7.92. The van der Waals surface area contributed by atoms with Crippen molar-refractivity contribution in [3.05, 3.63) is 64.1 Å². The lowest BCUT2D eigenvalue weighted by Crippen LogP contribution is -2.50. The first-order valence-electron chi connectivity index (χ1n) is 12.0. The lowest BCUT2D eigenvalue weighted by atomic mass is 10.1. The highest BCUT2D eigenvalue weighted by Crippen LogP contribution is 2.31. The molecule has 0 bridgehead atoms. The molecule has 0 aromatic heterocycles. The molecule has 2 aromatic carbocycles. The van der Waals surface area contributed by atoms with Gasteiger partial charge in [-0.2, -0.15) is 0 Å². The number of amides is 2. The Hall–Kier alpha value is -2.29. The molecule has 10 heteroatoms. The topological polar surface area (TPSA) is 86.8 Å². The number of halogens is 2. The summed E-state index contributed by atoms with van der Waals surface area (Å²) in [6.45, 7) is 6.10. The van der Waals surface area contributed by atoms with Crippen molar-refractivity contribution in [1.82, 2.24) is 10.2 Å². The second kappa shape index (κ2) is 13.9. The van der Waals surface area contributed by atoms with Gasteiger partial charge in [0.25, 0.3) is 0 Å². The van der Waals surface area contributed by atoms with Gasteiger partial charge in [0.1, 0.15) is 6.04 Å². The van der Waals surface area contributed by atoms with Crippen molar-refractivity contribution in [3.63, 3.8) is 0 Å². The van der Waals surface area contributed by atoms with Crippen LogP contribution in [0.1, 0.15) is 52.0 Å². The van der Waals surface area contributed by atoms with Crippen LogP contribution in [0.15, 0.2) is 48.5 Å². The molecule has 198 valence electrons. The second-order valence-electron chi connectivity index (χ2n) is 8.78. The summed E-state index contributed by atoms with van der Waals surface area (Å²) in [5.74, 6) is -0.421. The molecule has 36 heavy (non-hydrogen) atoms. The van der Waals surface area contributed by atoms with Crippen molar-refractivity contribution in [3.8, 4) is 0 Å². The highest BCUT2D eigenvalue weighted by Gasteiger charge is 2.29. The number of nitrogens with one attached hydrogen (secondary N) is 1. The fraction of sp³-hybridized carbons (Fsp3) is 0.462. The van der Waals surface area contributed by atoms with E-state index in [4.69, 9.17) is 23.2 Å². The number of carbonyl (C=O) groups excluding carboxylic acids is 2. The third-order valence-corrected chi connectivity index (χ3v) is 7.65. The zero-order valence-corrected chi connectivity index (χ0v) is 23.5. The Labute approximate surface area is 224 Å². The molecule has 0 spiro atoms. The van der Waals surface area contributed by atoms with E-state index in [1.54, 1.807) is 11.0 Å². The van der Waals surface area contributed by atoms with Crippen LogP contribution in [-0.2, 0) is 26.2 Å². The third-order valence-electron chi connectivity index (χ3n) is 5.91. The Morgan fingerprint density at radius 2 is 1.69 bits per heavy atom. The fourth-order valence-corrected chi connectivity index (χ4v) is 5.21. The summed E-state index contributed by atoms with van der Waals surface area (Å²) in [6, 6.07) is 13.4. The predicted octanol–water partition coefficient (Wildman–Crippen LogP) is 5.26. The summed E-state index contributed by atoms with van der Waals surface area (Å²) < 4.78 is 26.1. The molecule has 0 aliphatic rings. The molecular weight excluding hydrogens is 521 g/mol. The summed E-state index contributed by atoms with van der Waals surface area (Å²) in [7, 11) is -3.67. The SMILES string of the molecule is CC[C@@H](C)NC(=O)[C@H](CC)N(Cc1ccccc1)C(=O)CCCN(c1cc(Cl)ccc1Cl)S(C)(=O)=O. The minimum Gasteiger partial charge on any atom is -0.352 e. The van der Waals surface area contributed by atoms with Crippen LogP contribution in [0.25, 0.3) is 0 Å². The van der Waals surface area contributed by atoms with Gasteiger partial charge >= 0.3 is 0 Å². The van der Waals surface area contributed by atoms with E-state index < -0.39 is 16.1 Å². The second-order valence-corrected chi connectivity index (χ2v) is 11.5. The van der Waals surface area contributed by atoms with Crippen molar-refractivity contribution < 1.29 is 18.0 Å². The van der Waals surface area contributed by atoms with Crippen LogP contribution in [0, 0.1) is 0 Å². The van der Waals surface area contributed by atoms with Crippen LogP contribution in [0.4, 0.5) is 5.69 Å². The molecule has 2 rings (SSSR count). The molecule has 0 radical (unpaired) electrons. The number of nitrogens with zero attached hydrogens (tertiary/aromatic N) is 2. The van der Waals surface area contributed by atoms with Crippen LogP contribution in [0.2, 0.25) is 10.0 Å². The molecule has 2 amide bonds. The minimum atomic E-state index is -3.67. The first-order chi connectivity index (χ1) is 17.0. The van der Waals surface area contributed by atoms with Crippen molar-refractivity contribution >= 4 is 50.7 Å². The summed E-state index contributed by atoms with van der Waals surface area (Å²) in [6.07, 6.45) is 2.62. The van der Waals surface area contributed by atoms with Crippen LogP contribution < -0.4 is 9.62 Å². The van der Waals surface area contributed by atoms with Crippen LogP contribution in [0.5, 0.6) is 0 Å². The molecule has 0 aliphatic heterocycles. The van der Waals surface area contributed by atoms with Crippen LogP contribution in [-0.4, -0.2) is 50.0 Å². The summed E-state index contributed by atoms with van der Waals surface area (Å²) in [5.41, 5.74) is 1.17. The number of rotatable bonds is 13. The molecule has 2 atom stereocenters. The third kappa shape index (κ3) is 8.68. The number of carbonyl (C=O) groups is 2. The quantitative estimate of drug-likeness (QED) is 0.365. The maximum atomic E-state index is 13.4. The Balaban J connectivity index is 2.23. The van der Waals surface area contributed by atoms with Gasteiger partial charge in [-0.15, -0.1) is 0 Å². The molecule has 7 nitrogen and oxygen atoms in total. The molecule has 0 aliphatic carbocycles. The fourth-order valence-electron chi connectivity index (χ4n) is 3.80. The summed E-state index contributed by atoms with van der Waals surface area (Å²) >= 11 is 12.3. The summed E-state index contributed by atoms with van der Waals surface area (Å²) in [4.78, 5) is 28.0. The molecule has 1 N–H and O–H groups in total. The van der Waals surface area contributed by atoms with E-state index in [1.165, 1.54) is 12.1 Å². The van der Waals surface area contributed by atoms with Gasteiger partial charge in [-0.1, -0.05) is 67.4 Å². The smallest absolute Gasteiger partial charge is 0.243 e. The maximum Gasteiger partial charge on any atom is 0.243 e. The monoisotopic (exact) mass is 555 g/mol. The molecule has 0 fully saturated rings. The van der Waals surface area contributed by atoms with Gasteiger partial charge in [0.05, 0.1) is 17.0 Å². The Bertz CT molecular complexity index is 1130. The number of sulfonamides is 1. The average Bonchev–Trinajstić information content (AvgIpc) is 2.83. The van der Waals surface area contributed by atoms with E-state index in [0.29, 0.717) is 11.4 Å². The Morgan fingerprint density at radius 3 is 2.28 bits per heavy atom. The van der Waals surface area contributed by atoms with Gasteiger partial charge in [0.2, 0.25) is 21.8 Å². The zero-order valence-electron chi connectivity index (χ0n) is 21.2. The maximum absolute atomic E-state index is 13.4. The highest BCUT2D eigenvalue weighted by atomic mass is 35.5. The summed E-state index contributed by atoms with van der Waals surface area (Å²) in [5, 5.41) is 3.58. The van der Waals surface area contributed by atoms with Crippen molar-refractivity contribution in [2.75, 3.05) is 17.1 Å². The standard InChI is InChI=1S/C26H35Cl2N3O4S/c1-5-19(3)29-26(33)23(6-2)30(18-20-11-8-7-9-12-20)25(32)13-10-16-31(36(4,34)35)24-17-21(27)14-15-22(24)28/h7-9,11-12,14-15,17,19,23H,5-6,10,13,16,18H2,1-4H3,(H,29,33)/t19-,23+/m1/s1. The number of benzene rings is 2. The van der Waals surface area contributed by atoms with Crippen LogP contribution >= 0.6 is 23.2 Å². The first kappa shape index (κ1) is 29.9. The van der Waals surface area contributed by atoms with E-state index in [-0.39, 0.29) is 54.5 Å². The van der Waals surface area contributed by atoms with E-state index in [1.807, 2.05) is 51.1 Å². The normalized spacial score (nSPS) is 13.1. The molecule has 0 heterocycles. The largest absolute Gasteiger partial charge is 0.352 e. The van der Waals surface area contributed by atoms with Crippen molar-refractivity contribution in [2.24, 2.45) is 0 Å². The van der Waals surface area contributed by atoms with E-state index in [9.17, 15) is 18.0 Å². The van der Waals surface area contributed by atoms with Gasteiger partial charge in [-0.25, -0.2) is 8.42 Å². The van der Waals surface area contributed by atoms with Gasteiger partial charge in [0.15, 0.2) is 0 Å². The minimum absolute atomic E-state index is 0.00834. The average molecular weight is 557 g/mol.